The fourth-order valence-corrected chi connectivity index (χ4v) is 2.89. The van der Waals surface area contributed by atoms with Crippen molar-refractivity contribution in [2.24, 2.45) is 0 Å². The highest BCUT2D eigenvalue weighted by Gasteiger charge is 2.35. The second-order valence-corrected chi connectivity index (χ2v) is 5.44. The molecule has 1 aromatic carbocycles. The van der Waals surface area contributed by atoms with E-state index in [1.165, 1.54) is 36.6 Å². The van der Waals surface area contributed by atoms with E-state index in [9.17, 15) is 12.8 Å². The van der Waals surface area contributed by atoms with Gasteiger partial charge in [0, 0.05) is 0 Å². The van der Waals surface area contributed by atoms with Crippen LogP contribution in [0.4, 0.5) is 4.39 Å². The maximum Gasteiger partial charge on any atom is 0.265 e. The van der Waals surface area contributed by atoms with Gasteiger partial charge in [-0.3, -0.25) is 0 Å². The SMILES string of the molecule is O=S1(=O)C(F)=C(c2ccco2)Oc2ccccc21. The zero-order valence-electron chi connectivity index (χ0n) is 8.96. The number of para-hydroxylation sites is 1. The van der Waals surface area contributed by atoms with Gasteiger partial charge in [0.2, 0.25) is 15.6 Å². The predicted octanol–water partition coefficient (Wildman–Crippen LogP) is 2.74. The normalized spacial score (nSPS) is 17.2. The second-order valence-electron chi connectivity index (χ2n) is 3.63. The second kappa shape index (κ2) is 3.71. The van der Waals surface area contributed by atoms with Crippen molar-refractivity contribution in [3.05, 3.63) is 53.6 Å². The number of hydrogen-bond donors (Lipinski definition) is 0. The molecule has 92 valence electrons. The summed E-state index contributed by atoms with van der Waals surface area (Å²) in [6, 6.07) is 8.82. The van der Waals surface area contributed by atoms with Gasteiger partial charge in [-0.05, 0) is 24.3 Å². The molecule has 0 radical (unpaired) electrons. The molecule has 0 amide bonds. The number of benzene rings is 1. The van der Waals surface area contributed by atoms with Gasteiger partial charge in [0.15, 0.2) is 5.76 Å². The molecule has 6 heteroatoms. The maximum atomic E-state index is 14.0. The van der Waals surface area contributed by atoms with E-state index in [1.54, 1.807) is 6.07 Å². The van der Waals surface area contributed by atoms with Gasteiger partial charge >= 0.3 is 0 Å². The van der Waals surface area contributed by atoms with Crippen LogP contribution < -0.4 is 4.74 Å². The summed E-state index contributed by atoms with van der Waals surface area (Å²) in [5.74, 6) is -0.297. The number of sulfone groups is 1. The topological polar surface area (TPSA) is 56.5 Å². The maximum absolute atomic E-state index is 14.0. The third-order valence-corrected chi connectivity index (χ3v) is 4.08. The zero-order chi connectivity index (χ0) is 12.8. The number of fused-ring (bicyclic) bond motifs is 1. The molecule has 0 fully saturated rings. The number of furan rings is 1. The summed E-state index contributed by atoms with van der Waals surface area (Å²) in [7, 11) is -4.17. The third kappa shape index (κ3) is 1.46. The molecule has 0 unspecified atom stereocenters. The van der Waals surface area contributed by atoms with E-state index < -0.39 is 20.8 Å². The van der Waals surface area contributed by atoms with E-state index >= 15 is 0 Å². The Morgan fingerprint density at radius 1 is 1.06 bits per heavy atom. The summed E-state index contributed by atoms with van der Waals surface area (Å²) in [5.41, 5.74) is 0. The van der Waals surface area contributed by atoms with Crippen molar-refractivity contribution in [1.29, 1.82) is 0 Å². The molecular formula is C12H7FO4S. The molecule has 4 nitrogen and oxygen atoms in total. The fourth-order valence-electron chi connectivity index (χ4n) is 1.68. The number of hydrogen-bond acceptors (Lipinski definition) is 4. The van der Waals surface area contributed by atoms with E-state index in [1.807, 2.05) is 0 Å². The Morgan fingerprint density at radius 3 is 2.56 bits per heavy atom. The number of halogens is 1. The molecule has 0 bridgehead atoms. The van der Waals surface area contributed by atoms with Crippen LogP contribution >= 0.6 is 0 Å². The molecule has 2 heterocycles. The Kier molecular flexibility index (Phi) is 2.27. The molecule has 3 rings (SSSR count). The Morgan fingerprint density at radius 2 is 1.83 bits per heavy atom. The van der Waals surface area contributed by atoms with E-state index in [-0.39, 0.29) is 16.4 Å². The molecule has 0 saturated heterocycles. The van der Waals surface area contributed by atoms with Crippen molar-refractivity contribution in [3.63, 3.8) is 0 Å². The van der Waals surface area contributed by atoms with Crippen LogP contribution in [-0.4, -0.2) is 8.42 Å². The van der Waals surface area contributed by atoms with Crippen molar-refractivity contribution < 1.29 is 22.0 Å². The molecular weight excluding hydrogens is 259 g/mol. The third-order valence-electron chi connectivity index (χ3n) is 2.51. The Labute approximate surface area is 102 Å². The van der Waals surface area contributed by atoms with Crippen molar-refractivity contribution in [1.82, 2.24) is 0 Å². The molecule has 2 aromatic rings. The lowest BCUT2D eigenvalue weighted by Gasteiger charge is -2.17. The molecule has 1 aliphatic rings. The summed E-state index contributed by atoms with van der Waals surface area (Å²) in [6.07, 6.45) is 1.31. The highest BCUT2D eigenvalue weighted by Crippen LogP contribution is 2.40. The van der Waals surface area contributed by atoms with Gasteiger partial charge in [0.1, 0.15) is 10.6 Å². The predicted molar refractivity (Wildman–Crippen MR) is 61.0 cm³/mol. The molecule has 1 aromatic heterocycles. The molecule has 0 saturated carbocycles. The fraction of sp³-hybridized carbons (Fsp3) is 0. The summed E-state index contributed by atoms with van der Waals surface area (Å²) in [4.78, 5) is -0.183. The molecule has 0 aliphatic carbocycles. The minimum absolute atomic E-state index is 0.0329. The van der Waals surface area contributed by atoms with Gasteiger partial charge in [-0.1, -0.05) is 12.1 Å². The summed E-state index contributed by atoms with van der Waals surface area (Å²) < 4.78 is 48.1. The quantitative estimate of drug-likeness (QED) is 0.796. The smallest absolute Gasteiger partial charge is 0.265 e. The van der Waals surface area contributed by atoms with Crippen LogP contribution in [0, 0.1) is 0 Å². The molecule has 0 spiro atoms. The van der Waals surface area contributed by atoms with Crippen LogP contribution in [0.2, 0.25) is 0 Å². The van der Waals surface area contributed by atoms with Crippen molar-refractivity contribution in [2.75, 3.05) is 0 Å². The van der Waals surface area contributed by atoms with Crippen LogP contribution in [0.15, 0.2) is 57.1 Å². The average Bonchev–Trinajstić information content (AvgIpc) is 2.88. The summed E-state index contributed by atoms with van der Waals surface area (Å²) >= 11 is 0. The minimum atomic E-state index is -4.17. The van der Waals surface area contributed by atoms with Gasteiger partial charge < -0.3 is 9.15 Å². The van der Waals surface area contributed by atoms with Gasteiger partial charge in [-0.15, -0.1) is 0 Å². The van der Waals surface area contributed by atoms with Crippen molar-refractivity contribution in [2.45, 2.75) is 4.90 Å². The first-order valence-corrected chi connectivity index (χ1v) is 6.54. The summed E-state index contributed by atoms with van der Waals surface area (Å²) in [5, 5.41) is -1.34. The average molecular weight is 266 g/mol. The molecule has 1 aliphatic heterocycles. The highest BCUT2D eigenvalue weighted by atomic mass is 32.2. The van der Waals surface area contributed by atoms with E-state index in [2.05, 4.69) is 0 Å². The van der Waals surface area contributed by atoms with E-state index in [0.717, 1.165) is 0 Å². The van der Waals surface area contributed by atoms with Gasteiger partial charge in [0.05, 0.1) is 6.26 Å². The molecule has 0 atom stereocenters. The number of rotatable bonds is 1. The lowest BCUT2D eigenvalue weighted by atomic mass is 10.3. The van der Waals surface area contributed by atoms with Crippen LogP contribution in [0.5, 0.6) is 5.75 Å². The van der Waals surface area contributed by atoms with Crippen LogP contribution in [0.1, 0.15) is 5.76 Å². The minimum Gasteiger partial charge on any atom is -0.461 e. The van der Waals surface area contributed by atoms with Gasteiger partial charge in [-0.25, -0.2) is 8.42 Å². The Bertz CT molecular complexity index is 729. The van der Waals surface area contributed by atoms with Gasteiger partial charge in [-0.2, -0.15) is 4.39 Å². The Hall–Kier alpha value is -2.08. The van der Waals surface area contributed by atoms with Crippen molar-refractivity contribution in [3.8, 4) is 5.75 Å². The first-order valence-electron chi connectivity index (χ1n) is 5.06. The molecule has 18 heavy (non-hydrogen) atoms. The first-order chi connectivity index (χ1) is 8.60. The van der Waals surface area contributed by atoms with Crippen molar-refractivity contribution >= 4 is 15.6 Å². The standard InChI is InChI=1S/C12H7FO4S/c13-12-11(9-5-3-7-16-9)17-8-4-1-2-6-10(8)18(12,14)15/h1-7H. The molecule has 0 N–H and O–H groups in total. The van der Waals surface area contributed by atoms with Crippen LogP contribution in [-0.2, 0) is 9.84 Å². The first kappa shape index (κ1) is 11.0. The lowest BCUT2D eigenvalue weighted by molar-refractivity contribution is 0.433. The van der Waals surface area contributed by atoms with Gasteiger partial charge in [0.25, 0.3) is 5.16 Å². The zero-order valence-corrected chi connectivity index (χ0v) is 9.78. The van der Waals surface area contributed by atoms with E-state index in [0.29, 0.717) is 0 Å². The largest absolute Gasteiger partial charge is 0.461 e. The van der Waals surface area contributed by atoms with E-state index in [4.69, 9.17) is 9.15 Å². The monoisotopic (exact) mass is 266 g/mol. The van der Waals surface area contributed by atoms with Crippen LogP contribution in [0.3, 0.4) is 0 Å². The number of ether oxygens (including phenoxy) is 1. The summed E-state index contributed by atoms with van der Waals surface area (Å²) in [6.45, 7) is 0. The lowest BCUT2D eigenvalue weighted by Crippen LogP contribution is -2.14. The van der Waals surface area contributed by atoms with Crippen LogP contribution in [0.25, 0.3) is 5.76 Å². The Balaban J connectivity index is 2.27. The highest BCUT2D eigenvalue weighted by molar-refractivity contribution is 7.95.